The minimum Gasteiger partial charge on any atom is -0.344 e. The van der Waals surface area contributed by atoms with E-state index in [0.717, 1.165) is 29.4 Å². The number of hydrogen-bond acceptors (Lipinski definition) is 14. The monoisotopic (exact) mass is 372 g/mol. The number of pyridine rings is 2. The van der Waals surface area contributed by atoms with Crippen LogP contribution in [0.1, 0.15) is 18.5 Å². The lowest BCUT2D eigenvalue weighted by molar-refractivity contribution is 0.712. The summed E-state index contributed by atoms with van der Waals surface area (Å²) >= 11 is 0. The highest BCUT2D eigenvalue weighted by atomic mass is 14.9. The molecule has 14 nitrogen and oxygen atoms in total. The first-order valence-corrected chi connectivity index (χ1v) is 4.78. The number of rotatable bonds is 1. The predicted molar refractivity (Wildman–Crippen MR) is 110 cm³/mol. The molecule has 0 unspecified atom stereocenters. The molecule has 1 fully saturated rings. The zero-order chi connectivity index (χ0) is 9.60. The normalized spacial score (nSPS) is 10.3. The Kier molecular flexibility index (Phi) is 45.7. The van der Waals surface area contributed by atoms with Gasteiger partial charge in [-0.2, -0.15) is 0 Å². The van der Waals surface area contributed by atoms with Crippen molar-refractivity contribution in [1.82, 2.24) is 77.6 Å². The molecule has 1 aliphatic rings. The van der Waals surface area contributed by atoms with Gasteiger partial charge in [-0.15, -0.1) is 0 Å². The van der Waals surface area contributed by atoms with E-state index in [1.807, 2.05) is 24.4 Å². The number of aromatic nitrogens is 2. The topological polar surface area (TPSA) is 437 Å². The van der Waals surface area contributed by atoms with E-state index in [-0.39, 0.29) is 73.2 Å². The fourth-order valence-corrected chi connectivity index (χ4v) is 1.63. The van der Waals surface area contributed by atoms with Crippen molar-refractivity contribution in [2.75, 3.05) is 0 Å². The summed E-state index contributed by atoms with van der Waals surface area (Å²) in [5.41, 5.74) is 7.93. The maximum atomic E-state index is 6.08. The van der Waals surface area contributed by atoms with Gasteiger partial charge < -0.3 is 73.4 Å². The molecule has 0 spiro atoms. The van der Waals surface area contributed by atoms with Crippen LogP contribution < -0.4 is 73.4 Å². The molecule has 2 aromatic rings. The first-order valence-electron chi connectivity index (χ1n) is 4.78. The summed E-state index contributed by atoms with van der Waals surface area (Å²) in [6.45, 7) is 0. The van der Waals surface area contributed by atoms with Crippen molar-refractivity contribution in [2.45, 2.75) is 18.4 Å². The average Bonchev–Trinajstić information content (AvgIpc) is 2.97. The third kappa shape index (κ3) is 10.5. The highest BCUT2D eigenvalue weighted by Gasteiger charge is 2.41. The fraction of sp³-hybridized carbons (Fsp3) is 0.273. The Morgan fingerprint density at radius 1 is 0.720 bits per heavy atom. The second-order valence-corrected chi connectivity index (χ2v) is 3.92. The van der Waals surface area contributed by atoms with Crippen molar-refractivity contribution < 1.29 is 0 Å². The van der Waals surface area contributed by atoms with E-state index in [4.69, 9.17) is 5.73 Å². The van der Waals surface area contributed by atoms with E-state index in [0.29, 0.717) is 0 Å². The minimum atomic E-state index is -0.141. The van der Waals surface area contributed by atoms with Crippen molar-refractivity contribution in [2.24, 2.45) is 5.73 Å². The Morgan fingerprint density at radius 2 is 1.20 bits per heavy atom. The van der Waals surface area contributed by atoms with Gasteiger partial charge in [0.25, 0.3) is 0 Å². The molecule has 2 heterocycles. The van der Waals surface area contributed by atoms with Crippen LogP contribution in [-0.2, 0) is 5.54 Å². The molecule has 14 heteroatoms. The molecule has 2 aromatic heterocycles. The zero-order valence-electron chi connectivity index (χ0n) is 15.6. The third-order valence-corrected chi connectivity index (χ3v) is 2.79. The summed E-state index contributed by atoms with van der Waals surface area (Å²) in [5, 5.41) is 1.07. The second-order valence-electron chi connectivity index (χ2n) is 3.92. The lowest BCUT2D eigenvalue weighted by Gasteiger charge is -2.08. The molecule has 158 valence electrons. The summed E-state index contributed by atoms with van der Waals surface area (Å²) in [6.07, 6.45) is 5.69. The van der Waals surface area contributed by atoms with Gasteiger partial charge in [0.2, 0.25) is 0 Å². The Bertz CT molecular complexity index is 503. The van der Waals surface area contributed by atoms with Gasteiger partial charge in [0.15, 0.2) is 0 Å². The molecule has 3 rings (SSSR count). The van der Waals surface area contributed by atoms with Gasteiger partial charge in [0, 0.05) is 17.8 Å². The molecule has 0 aliphatic heterocycles. The Hall–Kier alpha value is -1.92. The van der Waals surface area contributed by atoms with Crippen LogP contribution in [0.3, 0.4) is 0 Å². The van der Waals surface area contributed by atoms with Gasteiger partial charge in [-0.25, -0.2) is 0 Å². The van der Waals surface area contributed by atoms with E-state index >= 15 is 0 Å². The smallest absolute Gasteiger partial charge is 0.0736 e. The highest BCUT2D eigenvalue weighted by Crippen LogP contribution is 2.41. The van der Waals surface area contributed by atoms with E-state index in [1.165, 1.54) is 0 Å². The summed E-state index contributed by atoms with van der Waals surface area (Å²) in [6, 6.07) is 5.97. The molecule has 25 heavy (non-hydrogen) atoms. The van der Waals surface area contributed by atoms with Crippen LogP contribution in [0, 0.1) is 0 Å². The van der Waals surface area contributed by atoms with Crippen LogP contribution in [0.15, 0.2) is 30.6 Å². The average molecular weight is 373 g/mol. The zero-order valence-corrected chi connectivity index (χ0v) is 15.6. The SMILES string of the molecule is N.N.N.N.N.N.N.N.N.N.N.NC1(c2ccc3cnccc3n2)CC1. The molecule has 0 atom stereocenters. The van der Waals surface area contributed by atoms with Gasteiger partial charge in [-0.1, -0.05) is 0 Å². The van der Waals surface area contributed by atoms with E-state index < -0.39 is 0 Å². The summed E-state index contributed by atoms with van der Waals surface area (Å²) < 4.78 is 0. The van der Waals surface area contributed by atoms with Gasteiger partial charge in [0.1, 0.15) is 0 Å². The summed E-state index contributed by atoms with van der Waals surface area (Å²) in [5.74, 6) is 0. The number of fused-ring (bicyclic) bond motifs is 1. The van der Waals surface area contributed by atoms with Crippen molar-refractivity contribution in [3.63, 3.8) is 0 Å². The minimum absolute atomic E-state index is 0. The summed E-state index contributed by atoms with van der Waals surface area (Å²) in [7, 11) is 0. The molecular weight excluding hydrogens is 328 g/mol. The summed E-state index contributed by atoms with van der Waals surface area (Å²) in [4.78, 5) is 8.59. The quantitative estimate of drug-likeness (QED) is 0.341. The molecular formula is C11H44N14. The maximum Gasteiger partial charge on any atom is 0.0736 e. The van der Waals surface area contributed by atoms with Crippen LogP contribution in [0.2, 0.25) is 0 Å². The van der Waals surface area contributed by atoms with Crippen molar-refractivity contribution in [1.29, 1.82) is 0 Å². The Morgan fingerprint density at radius 3 is 1.64 bits per heavy atom. The molecule has 35 N–H and O–H groups in total. The van der Waals surface area contributed by atoms with Crippen LogP contribution in [0.5, 0.6) is 0 Å². The van der Waals surface area contributed by atoms with Gasteiger partial charge >= 0.3 is 0 Å². The van der Waals surface area contributed by atoms with Crippen molar-refractivity contribution >= 4 is 10.9 Å². The number of nitrogens with two attached hydrogens (primary N) is 1. The first kappa shape index (κ1) is 56.8. The Labute approximate surface area is 149 Å². The highest BCUT2D eigenvalue weighted by molar-refractivity contribution is 5.77. The lowest BCUT2D eigenvalue weighted by atomic mass is 10.1. The second kappa shape index (κ2) is 20.1. The molecule has 0 aromatic carbocycles. The molecule has 0 bridgehead atoms. The van der Waals surface area contributed by atoms with E-state index in [9.17, 15) is 0 Å². The van der Waals surface area contributed by atoms with Crippen LogP contribution in [0.4, 0.5) is 0 Å². The molecule has 0 amide bonds. The Balaban J connectivity index is -0.0000000332. The fourth-order valence-electron chi connectivity index (χ4n) is 1.63. The van der Waals surface area contributed by atoms with E-state index in [2.05, 4.69) is 9.97 Å². The number of hydrogen-bond donors (Lipinski definition) is 12. The molecule has 1 saturated carbocycles. The van der Waals surface area contributed by atoms with Gasteiger partial charge in [0.05, 0.1) is 16.7 Å². The maximum absolute atomic E-state index is 6.08. The first-order chi connectivity index (χ1) is 6.78. The largest absolute Gasteiger partial charge is 0.344 e. The van der Waals surface area contributed by atoms with Crippen LogP contribution in [0.25, 0.3) is 10.9 Å². The number of nitrogens with zero attached hydrogens (tertiary/aromatic N) is 2. The molecule has 1 aliphatic carbocycles. The van der Waals surface area contributed by atoms with Crippen LogP contribution >= 0.6 is 0 Å². The molecule has 0 radical (unpaired) electrons. The van der Waals surface area contributed by atoms with E-state index in [1.54, 1.807) is 6.20 Å². The lowest BCUT2D eigenvalue weighted by Crippen LogP contribution is -2.20. The standard InChI is InChI=1S/C11H11N3.11H3N/c12-11(4-5-11)10-2-1-8-7-13-6-3-9(8)14-10;;;;;;;;;;;/h1-3,6-7H,4-5,12H2;11*1H3. The predicted octanol–water partition coefficient (Wildman–Crippen LogP) is 3.36. The van der Waals surface area contributed by atoms with Gasteiger partial charge in [-0.3, -0.25) is 9.97 Å². The third-order valence-electron chi connectivity index (χ3n) is 2.79. The van der Waals surface area contributed by atoms with Crippen molar-refractivity contribution in [3.8, 4) is 0 Å². The van der Waals surface area contributed by atoms with Crippen LogP contribution in [-0.4, -0.2) is 9.97 Å². The van der Waals surface area contributed by atoms with Gasteiger partial charge in [-0.05, 0) is 31.0 Å². The molecule has 0 saturated heterocycles. The van der Waals surface area contributed by atoms with Crippen molar-refractivity contribution in [3.05, 3.63) is 36.3 Å².